The van der Waals surface area contributed by atoms with Gasteiger partial charge in [0.05, 0.1) is 33.7 Å². The third kappa shape index (κ3) is 5.68. The summed E-state index contributed by atoms with van der Waals surface area (Å²) < 4.78 is 21.3. The molecule has 0 bridgehead atoms. The number of cyclic esters (lactones) is 1. The first-order chi connectivity index (χ1) is 15.7. The molecule has 0 aromatic heterocycles. The van der Waals surface area contributed by atoms with E-state index in [0.29, 0.717) is 15.8 Å². The van der Waals surface area contributed by atoms with Crippen molar-refractivity contribution < 1.29 is 33.5 Å². The minimum Gasteiger partial charge on any atom is -0.493 e. The fourth-order valence-corrected chi connectivity index (χ4v) is 3.60. The molecule has 172 valence electrons. The van der Waals surface area contributed by atoms with Gasteiger partial charge in [-0.05, 0) is 52.7 Å². The molecule has 0 amide bonds. The lowest BCUT2D eigenvalue weighted by Crippen LogP contribution is -2.15. The Hall–Kier alpha value is -3.44. The van der Waals surface area contributed by atoms with Gasteiger partial charge in [0.25, 0.3) is 5.69 Å². The summed E-state index contributed by atoms with van der Waals surface area (Å²) in [6.45, 7) is 1.62. The molecule has 0 saturated carbocycles. The van der Waals surface area contributed by atoms with Crippen LogP contribution in [0.5, 0.6) is 11.5 Å². The van der Waals surface area contributed by atoms with Crippen LogP contribution in [0.25, 0.3) is 6.08 Å². The van der Waals surface area contributed by atoms with Gasteiger partial charge in [-0.25, -0.2) is 14.6 Å². The largest absolute Gasteiger partial charge is 0.493 e. The zero-order valence-corrected chi connectivity index (χ0v) is 19.6. The average molecular weight is 540 g/mol. The van der Waals surface area contributed by atoms with Gasteiger partial charge in [0, 0.05) is 12.1 Å². The van der Waals surface area contributed by atoms with Crippen molar-refractivity contribution in [2.75, 3.05) is 20.3 Å². The van der Waals surface area contributed by atoms with E-state index in [2.05, 4.69) is 20.9 Å². The zero-order chi connectivity index (χ0) is 24.1. The van der Waals surface area contributed by atoms with Gasteiger partial charge >= 0.3 is 11.9 Å². The van der Waals surface area contributed by atoms with Crippen LogP contribution in [-0.4, -0.2) is 43.1 Å². The number of non-ortho nitro benzene ring substituents is 1. The van der Waals surface area contributed by atoms with Crippen LogP contribution in [-0.2, 0) is 19.1 Å². The Bertz CT molecular complexity index is 1200. The van der Waals surface area contributed by atoms with Crippen LogP contribution in [0.15, 0.2) is 45.5 Å². The van der Waals surface area contributed by atoms with Gasteiger partial charge in [-0.15, -0.1) is 0 Å². The number of aliphatic imine (C=N–C) groups is 1. The Balaban J connectivity index is 1.89. The topological polar surface area (TPSA) is 127 Å². The second-order valence-electron chi connectivity index (χ2n) is 6.39. The molecule has 1 aliphatic heterocycles. The highest BCUT2D eigenvalue weighted by atomic mass is 79.9. The van der Waals surface area contributed by atoms with E-state index in [9.17, 15) is 19.7 Å². The number of nitrogens with zero attached hydrogens (tertiary/aromatic N) is 2. The monoisotopic (exact) mass is 538 g/mol. The van der Waals surface area contributed by atoms with Crippen molar-refractivity contribution >= 4 is 57.1 Å². The fourth-order valence-electron chi connectivity index (χ4n) is 2.77. The Morgan fingerprint density at radius 2 is 2.09 bits per heavy atom. The van der Waals surface area contributed by atoms with Gasteiger partial charge in [-0.3, -0.25) is 10.1 Å². The van der Waals surface area contributed by atoms with Crippen molar-refractivity contribution in [3.8, 4) is 11.5 Å². The van der Waals surface area contributed by atoms with Crippen LogP contribution in [0, 0.1) is 10.1 Å². The Morgan fingerprint density at radius 3 is 2.73 bits per heavy atom. The lowest BCUT2D eigenvalue weighted by molar-refractivity contribution is -0.384. The van der Waals surface area contributed by atoms with Crippen LogP contribution in [0.1, 0.15) is 18.1 Å². The molecule has 0 fully saturated rings. The van der Waals surface area contributed by atoms with Crippen molar-refractivity contribution in [3.05, 3.63) is 66.8 Å². The van der Waals surface area contributed by atoms with Crippen molar-refractivity contribution in [2.45, 2.75) is 6.92 Å². The molecule has 12 heteroatoms. The highest BCUT2D eigenvalue weighted by Gasteiger charge is 2.27. The van der Waals surface area contributed by atoms with Crippen LogP contribution < -0.4 is 9.47 Å². The minimum absolute atomic E-state index is 0.0181. The SMILES string of the molecule is CCOC(=O)COc1c(Br)cc(/C=C2\N=C(c3ccc([N+](=O)[O-])cc3Cl)OC2=O)cc1OC. The molecule has 3 rings (SSSR count). The number of carbonyl (C=O) groups is 2. The third-order valence-corrected chi connectivity index (χ3v) is 5.11. The maximum Gasteiger partial charge on any atom is 0.363 e. The molecule has 2 aromatic carbocycles. The normalized spacial score (nSPS) is 14.0. The molecule has 0 N–H and O–H groups in total. The molecule has 0 saturated heterocycles. The predicted molar refractivity (Wildman–Crippen MR) is 122 cm³/mol. The molecule has 0 unspecified atom stereocenters. The smallest absolute Gasteiger partial charge is 0.363 e. The average Bonchev–Trinajstić information content (AvgIpc) is 3.12. The second-order valence-corrected chi connectivity index (χ2v) is 7.65. The maximum absolute atomic E-state index is 12.3. The summed E-state index contributed by atoms with van der Waals surface area (Å²) in [6.07, 6.45) is 1.46. The van der Waals surface area contributed by atoms with Crippen LogP contribution in [0.4, 0.5) is 5.69 Å². The van der Waals surface area contributed by atoms with E-state index >= 15 is 0 Å². The number of carbonyl (C=O) groups excluding carboxylic acids is 2. The lowest BCUT2D eigenvalue weighted by Gasteiger charge is -2.13. The van der Waals surface area contributed by atoms with Gasteiger partial charge in [0.1, 0.15) is 0 Å². The number of halogens is 2. The van der Waals surface area contributed by atoms with E-state index in [0.717, 1.165) is 6.07 Å². The number of hydrogen-bond acceptors (Lipinski definition) is 9. The van der Waals surface area contributed by atoms with Gasteiger partial charge in [0.2, 0.25) is 5.90 Å². The van der Waals surface area contributed by atoms with Crippen molar-refractivity contribution in [3.63, 3.8) is 0 Å². The number of rotatable bonds is 8. The maximum atomic E-state index is 12.3. The summed E-state index contributed by atoms with van der Waals surface area (Å²) in [5.41, 5.74) is 0.537. The number of nitro groups is 1. The molecule has 0 spiro atoms. The number of methoxy groups -OCH3 is 1. The van der Waals surface area contributed by atoms with Gasteiger partial charge in [-0.1, -0.05) is 11.6 Å². The molecule has 0 radical (unpaired) electrons. The van der Waals surface area contributed by atoms with Crippen LogP contribution in [0.3, 0.4) is 0 Å². The minimum atomic E-state index is -0.725. The van der Waals surface area contributed by atoms with Crippen molar-refractivity contribution in [1.82, 2.24) is 0 Å². The highest BCUT2D eigenvalue weighted by Crippen LogP contribution is 2.37. The van der Waals surface area contributed by atoms with E-state index in [1.54, 1.807) is 19.1 Å². The van der Waals surface area contributed by atoms with Gasteiger partial charge < -0.3 is 18.9 Å². The van der Waals surface area contributed by atoms with Crippen LogP contribution >= 0.6 is 27.5 Å². The summed E-state index contributed by atoms with van der Waals surface area (Å²) in [6, 6.07) is 6.95. The second kappa shape index (κ2) is 10.5. The summed E-state index contributed by atoms with van der Waals surface area (Å²) >= 11 is 9.45. The number of esters is 2. The standard InChI is InChI=1S/C21H16BrClN2O8/c1-3-31-18(26)10-32-19-14(22)6-11(8-17(19)30-2)7-16-21(27)33-20(24-16)13-5-4-12(25(28)29)9-15(13)23/h4-9H,3,10H2,1-2H3/b16-7-. The molecule has 0 aliphatic carbocycles. The van der Waals surface area contributed by atoms with E-state index in [1.165, 1.54) is 25.3 Å². The molecule has 2 aromatic rings. The van der Waals surface area contributed by atoms with Crippen LogP contribution in [0.2, 0.25) is 5.02 Å². The molecular weight excluding hydrogens is 524 g/mol. The molecule has 1 aliphatic rings. The molecule has 0 atom stereocenters. The number of hydrogen-bond donors (Lipinski definition) is 0. The summed E-state index contributed by atoms with van der Waals surface area (Å²) in [7, 11) is 1.42. The van der Waals surface area contributed by atoms with Crippen molar-refractivity contribution in [2.24, 2.45) is 4.99 Å². The first kappa shape index (κ1) is 24.2. The van der Waals surface area contributed by atoms with E-state index in [-0.39, 0.29) is 46.8 Å². The number of nitro benzene ring substituents is 1. The van der Waals surface area contributed by atoms with E-state index in [4.69, 9.17) is 30.5 Å². The Kier molecular flexibility index (Phi) is 7.67. The highest BCUT2D eigenvalue weighted by molar-refractivity contribution is 9.10. The predicted octanol–water partition coefficient (Wildman–Crippen LogP) is 4.31. The summed E-state index contributed by atoms with van der Waals surface area (Å²) in [5.74, 6) is -0.750. The molecular formula is C21H16BrClN2O8. The zero-order valence-electron chi connectivity index (χ0n) is 17.3. The molecule has 1 heterocycles. The lowest BCUT2D eigenvalue weighted by atomic mass is 10.1. The Labute approximate surface area is 201 Å². The first-order valence-electron chi connectivity index (χ1n) is 9.36. The fraction of sp³-hybridized carbons (Fsp3) is 0.190. The van der Waals surface area contributed by atoms with Gasteiger partial charge in [0.15, 0.2) is 23.8 Å². The van der Waals surface area contributed by atoms with E-state index in [1.807, 2.05) is 0 Å². The Morgan fingerprint density at radius 1 is 1.33 bits per heavy atom. The first-order valence-corrected chi connectivity index (χ1v) is 10.5. The summed E-state index contributed by atoms with van der Waals surface area (Å²) in [5, 5.41) is 10.9. The number of benzene rings is 2. The van der Waals surface area contributed by atoms with E-state index < -0.39 is 16.9 Å². The third-order valence-electron chi connectivity index (χ3n) is 4.21. The summed E-state index contributed by atoms with van der Waals surface area (Å²) in [4.78, 5) is 38.3. The molecule has 33 heavy (non-hydrogen) atoms. The molecule has 10 nitrogen and oxygen atoms in total. The number of ether oxygens (including phenoxy) is 4. The van der Waals surface area contributed by atoms with Crippen molar-refractivity contribution in [1.29, 1.82) is 0 Å². The van der Waals surface area contributed by atoms with Gasteiger partial charge in [-0.2, -0.15) is 0 Å². The quantitative estimate of drug-likeness (QED) is 0.210.